The van der Waals surface area contributed by atoms with Crippen molar-refractivity contribution in [3.8, 4) is 5.75 Å². The molecule has 0 radical (unpaired) electrons. The number of nitrogens with zero attached hydrogens (tertiary/aromatic N) is 1. The summed E-state index contributed by atoms with van der Waals surface area (Å²) in [6, 6.07) is 11.3. The van der Waals surface area contributed by atoms with Gasteiger partial charge in [-0.1, -0.05) is 18.2 Å². The van der Waals surface area contributed by atoms with Crippen molar-refractivity contribution in [2.75, 3.05) is 7.11 Å². The van der Waals surface area contributed by atoms with Crippen LogP contribution in [-0.4, -0.2) is 24.0 Å². The molecule has 21 heavy (non-hydrogen) atoms. The van der Waals surface area contributed by atoms with Gasteiger partial charge < -0.3 is 10.1 Å². The van der Waals surface area contributed by atoms with Crippen LogP contribution in [0.1, 0.15) is 23.0 Å². The van der Waals surface area contributed by atoms with E-state index in [0.717, 1.165) is 15.8 Å². The van der Waals surface area contributed by atoms with Crippen molar-refractivity contribution in [2.24, 2.45) is 0 Å². The number of aromatic nitrogens is 1. The topological polar surface area (TPSA) is 51.2 Å². The van der Waals surface area contributed by atoms with E-state index in [2.05, 4.69) is 26.2 Å². The summed E-state index contributed by atoms with van der Waals surface area (Å²) in [4.78, 5) is 16.2. The van der Waals surface area contributed by atoms with E-state index in [4.69, 9.17) is 4.74 Å². The van der Waals surface area contributed by atoms with Crippen LogP contribution in [0.2, 0.25) is 0 Å². The maximum Gasteiger partial charge on any atom is 0.270 e. The molecule has 0 saturated heterocycles. The minimum Gasteiger partial charge on any atom is -0.496 e. The molecular weight excluding hydrogens is 332 g/mol. The molecular formula is C16H17BrN2O2. The van der Waals surface area contributed by atoms with E-state index in [9.17, 15) is 4.79 Å². The molecule has 4 nitrogen and oxygen atoms in total. The van der Waals surface area contributed by atoms with Crippen LogP contribution in [0.25, 0.3) is 0 Å². The zero-order valence-electron chi connectivity index (χ0n) is 12.0. The predicted octanol–water partition coefficient (Wildman–Crippen LogP) is 3.21. The molecule has 0 spiro atoms. The summed E-state index contributed by atoms with van der Waals surface area (Å²) in [5, 5.41) is 2.94. The van der Waals surface area contributed by atoms with Gasteiger partial charge in [0.1, 0.15) is 11.4 Å². The number of nitrogens with one attached hydrogen (secondary N) is 1. The molecule has 0 aliphatic carbocycles. The van der Waals surface area contributed by atoms with Crippen molar-refractivity contribution in [2.45, 2.75) is 19.4 Å². The summed E-state index contributed by atoms with van der Waals surface area (Å²) in [6.07, 6.45) is 2.31. The largest absolute Gasteiger partial charge is 0.496 e. The Morgan fingerprint density at radius 3 is 2.76 bits per heavy atom. The fourth-order valence-electron chi connectivity index (χ4n) is 2.06. The number of amides is 1. The predicted molar refractivity (Wildman–Crippen MR) is 85.6 cm³/mol. The number of carbonyl (C=O) groups is 1. The Bertz CT molecular complexity index is 614. The standard InChI is InChI=1S/C16H17BrN2O2/c1-11(9-12-5-3-4-6-15(12)21-2)19-16(20)14-8-7-13(17)10-18-14/h3-8,10-11H,9H2,1-2H3,(H,19,20). The zero-order chi connectivity index (χ0) is 15.2. The van der Waals surface area contributed by atoms with Gasteiger partial charge in [-0.3, -0.25) is 4.79 Å². The summed E-state index contributed by atoms with van der Waals surface area (Å²) in [5.74, 6) is 0.658. The first-order valence-corrected chi connectivity index (χ1v) is 7.43. The van der Waals surface area contributed by atoms with Gasteiger partial charge in [0.05, 0.1) is 7.11 Å². The summed E-state index contributed by atoms with van der Waals surface area (Å²) in [6.45, 7) is 1.96. The second-order valence-corrected chi connectivity index (χ2v) is 5.67. The van der Waals surface area contributed by atoms with Crippen molar-refractivity contribution in [3.05, 3.63) is 58.3 Å². The molecule has 0 bridgehead atoms. The van der Waals surface area contributed by atoms with Gasteiger partial charge in [0, 0.05) is 16.7 Å². The van der Waals surface area contributed by atoms with Gasteiger partial charge in [0.25, 0.3) is 5.91 Å². The molecule has 110 valence electrons. The molecule has 1 unspecified atom stereocenters. The number of benzene rings is 1. The fraction of sp³-hybridized carbons (Fsp3) is 0.250. The first kappa shape index (κ1) is 15.5. The molecule has 1 aromatic heterocycles. The highest BCUT2D eigenvalue weighted by Gasteiger charge is 2.13. The number of hydrogen-bond donors (Lipinski definition) is 1. The van der Waals surface area contributed by atoms with Crippen LogP contribution < -0.4 is 10.1 Å². The summed E-state index contributed by atoms with van der Waals surface area (Å²) >= 11 is 3.30. The Morgan fingerprint density at radius 2 is 2.10 bits per heavy atom. The Hall–Kier alpha value is -1.88. The van der Waals surface area contributed by atoms with Crippen LogP contribution in [-0.2, 0) is 6.42 Å². The third-order valence-electron chi connectivity index (χ3n) is 3.06. The summed E-state index contributed by atoms with van der Waals surface area (Å²) in [7, 11) is 1.65. The molecule has 1 heterocycles. The van der Waals surface area contributed by atoms with Crippen molar-refractivity contribution in [1.29, 1.82) is 0 Å². The maximum absolute atomic E-state index is 12.1. The van der Waals surface area contributed by atoms with Gasteiger partial charge in [-0.05, 0) is 53.0 Å². The number of carbonyl (C=O) groups excluding carboxylic acids is 1. The van der Waals surface area contributed by atoms with Gasteiger partial charge in [-0.2, -0.15) is 0 Å². The lowest BCUT2D eigenvalue weighted by molar-refractivity contribution is 0.0935. The number of halogens is 1. The molecule has 0 fully saturated rings. The van der Waals surface area contributed by atoms with Gasteiger partial charge in [0.15, 0.2) is 0 Å². The first-order chi connectivity index (χ1) is 10.1. The van der Waals surface area contributed by atoms with Gasteiger partial charge in [-0.25, -0.2) is 4.98 Å². The van der Waals surface area contributed by atoms with Gasteiger partial charge >= 0.3 is 0 Å². The molecule has 0 aliphatic rings. The van der Waals surface area contributed by atoms with Gasteiger partial charge in [0.2, 0.25) is 0 Å². The molecule has 1 amide bonds. The van der Waals surface area contributed by atoms with Crippen LogP contribution in [0, 0.1) is 0 Å². The van der Waals surface area contributed by atoms with E-state index in [1.54, 1.807) is 25.4 Å². The van der Waals surface area contributed by atoms with Crippen LogP contribution in [0.5, 0.6) is 5.75 Å². The average molecular weight is 349 g/mol. The maximum atomic E-state index is 12.1. The number of rotatable bonds is 5. The minimum absolute atomic E-state index is 0.0146. The second kappa shape index (κ2) is 7.22. The smallest absolute Gasteiger partial charge is 0.270 e. The molecule has 0 saturated carbocycles. The van der Waals surface area contributed by atoms with Crippen LogP contribution in [0.15, 0.2) is 47.1 Å². The highest BCUT2D eigenvalue weighted by molar-refractivity contribution is 9.10. The minimum atomic E-state index is -0.176. The lowest BCUT2D eigenvalue weighted by atomic mass is 10.1. The SMILES string of the molecule is COc1ccccc1CC(C)NC(=O)c1ccc(Br)cn1. The molecule has 1 atom stereocenters. The summed E-state index contributed by atoms with van der Waals surface area (Å²) < 4.78 is 6.17. The average Bonchev–Trinajstić information content (AvgIpc) is 2.48. The van der Waals surface area contributed by atoms with Crippen LogP contribution in [0.4, 0.5) is 0 Å². The summed E-state index contributed by atoms with van der Waals surface area (Å²) in [5.41, 5.74) is 1.47. The third-order valence-corrected chi connectivity index (χ3v) is 3.53. The van der Waals surface area contributed by atoms with Crippen molar-refractivity contribution < 1.29 is 9.53 Å². The highest BCUT2D eigenvalue weighted by atomic mass is 79.9. The number of para-hydroxylation sites is 1. The molecule has 2 aromatic rings. The molecule has 2 rings (SSSR count). The Kier molecular flexibility index (Phi) is 5.33. The quantitative estimate of drug-likeness (QED) is 0.902. The van der Waals surface area contributed by atoms with E-state index in [1.165, 1.54) is 0 Å². The van der Waals surface area contributed by atoms with E-state index in [-0.39, 0.29) is 11.9 Å². The zero-order valence-corrected chi connectivity index (χ0v) is 13.6. The van der Waals surface area contributed by atoms with E-state index in [0.29, 0.717) is 12.1 Å². The molecule has 1 N–H and O–H groups in total. The third kappa shape index (κ3) is 4.29. The van der Waals surface area contributed by atoms with Crippen LogP contribution >= 0.6 is 15.9 Å². The highest BCUT2D eigenvalue weighted by Crippen LogP contribution is 2.19. The Balaban J connectivity index is 1.99. The number of methoxy groups -OCH3 is 1. The molecule has 1 aromatic carbocycles. The van der Waals surface area contributed by atoms with Gasteiger partial charge in [-0.15, -0.1) is 0 Å². The molecule has 0 aliphatic heterocycles. The Labute approximate surface area is 132 Å². The monoisotopic (exact) mass is 348 g/mol. The number of pyridine rings is 1. The number of hydrogen-bond acceptors (Lipinski definition) is 3. The molecule has 5 heteroatoms. The van der Waals surface area contributed by atoms with E-state index in [1.807, 2.05) is 31.2 Å². The van der Waals surface area contributed by atoms with Crippen molar-refractivity contribution >= 4 is 21.8 Å². The van der Waals surface area contributed by atoms with Crippen LogP contribution in [0.3, 0.4) is 0 Å². The fourth-order valence-corrected chi connectivity index (χ4v) is 2.29. The second-order valence-electron chi connectivity index (χ2n) is 4.75. The number of ether oxygens (including phenoxy) is 1. The van der Waals surface area contributed by atoms with E-state index < -0.39 is 0 Å². The lowest BCUT2D eigenvalue weighted by Gasteiger charge is -2.15. The van der Waals surface area contributed by atoms with E-state index >= 15 is 0 Å². The first-order valence-electron chi connectivity index (χ1n) is 6.64. The Morgan fingerprint density at radius 1 is 1.33 bits per heavy atom. The van der Waals surface area contributed by atoms with Crippen molar-refractivity contribution in [3.63, 3.8) is 0 Å². The normalized spacial score (nSPS) is 11.8. The van der Waals surface area contributed by atoms with Crippen molar-refractivity contribution in [1.82, 2.24) is 10.3 Å². The lowest BCUT2D eigenvalue weighted by Crippen LogP contribution is -2.34.